The highest BCUT2D eigenvalue weighted by Gasteiger charge is 2.40. The molecule has 0 aromatic rings. The highest BCUT2D eigenvalue weighted by Crippen LogP contribution is 2.31. The van der Waals surface area contributed by atoms with Gasteiger partial charge in [0.2, 0.25) is 10.0 Å². The molecule has 0 amide bonds. The van der Waals surface area contributed by atoms with Gasteiger partial charge in [0.15, 0.2) is 0 Å². The third kappa shape index (κ3) is 3.39. The molecule has 15 heavy (non-hydrogen) atoms. The Labute approximate surface area is 96.9 Å². The summed E-state index contributed by atoms with van der Waals surface area (Å²) in [6, 6.07) is -0.0232. The van der Waals surface area contributed by atoms with Gasteiger partial charge in [-0.1, -0.05) is 12.2 Å². The molecule has 6 heteroatoms. The molecule has 0 heterocycles. The van der Waals surface area contributed by atoms with Crippen molar-refractivity contribution >= 4 is 27.2 Å². The summed E-state index contributed by atoms with van der Waals surface area (Å²) in [5, 5.41) is -0.161. The van der Waals surface area contributed by atoms with E-state index >= 15 is 0 Å². The highest BCUT2D eigenvalue weighted by molar-refractivity contribution is 7.90. The largest absolute Gasteiger partial charge is 0.393 e. The lowest BCUT2D eigenvalue weighted by molar-refractivity contribution is 0.361. The zero-order valence-corrected chi connectivity index (χ0v) is 10.8. The Kier molecular flexibility index (Phi) is 4.08. The Hall–Kier alpha value is -0.200. The molecule has 2 N–H and O–H groups in total. The Morgan fingerprint density at radius 3 is 2.40 bits per heavy atom. The molecule has 0 aromatic heterocycles. The van der Waals surface area contributed by atoms with Gasteiger partial charge in [-0.25, -0.2) is 8.42 Å². The summed E-state index contributed by atoms with van der Waals surface area (Å²) in [6.07, 6.45) is 2.04. The first-order valence-electron chi connectivity index (χ1n) is 5.14. The third-order valence-corrected chi connectivity index (χ3v) is 5.20. The van der Waals surface area contributed by atoms with Gasteiger partial charge in [0, 0.05) is 19.0 Å². The van der Waals surface area contributed by atoms with Crippen LogP contribution in [0.15, 0.2) is 0 Å². The predicted molar refractivity (Wildman–Crippen MR) is 65.2 cm³/mol. The summed E-state index contributed by atoms with van der Waals surface area (Å²) in [4.78, 5) is 0.367. The molecule has 88 valence electrons. The van der Waals surface area contributed by atoms with Gasteiger partial charge < -0.3 is 5.73 Å². The minimum atomic E-state index is -3.10. The second-order valence-electron chi connectivity index (χ2n) is 4.17. The van der Waals surface area contributed by atoms with Crippen molar-refractivity contribution in [3.05, 3.63) is 0 Å². The molecule has 0 unspecified atom stereocenters. The molecule has 1 saturated carbocycles. The zero-order chi connectivity index (χ0) is 11.6. The summed E-state index contributed by atoms with van der Waals surface area (Å²) < 4.78 is 25.5. The van der Waals surface area contributed by atoms with Crippen molar-refractivity contribution in [2.45, 2.75) is 44.4 Å². The first-order chi connectivity index (χ1) is 6.85. The van der Waals surface area contributed by atoms with Crippen molar-refractivity contribution in [1.82, 2.24) is 4.31 Å². The summed E-state index contributed by atoms with van der Waals surface area (Å²) in [6.45, 7) is 4.16. The number of nitrogens with two attached hydrogens (primary N) is 1. The fourth-order valence-electron chi connectivity index (χ4n) is 1.46. The van der Waals surface area contributed by atoms with Crippen LogP contribution in [0.3, 0.4) is 0 Å². The molecule has 0 bridgehead atoms. The summed E-state index contributed by atoms with van der Waals surface area (Å²) in [5.41, 5.74) is 5.39. The fourth-order valence-corrected chi connectivity index (χ4v) is 3.60. The topological polar surface area (TPSA) is 63.4 Å². The van der Waals surface area contributed by atoms with Crippen LogP contribution < -0.4 is 5.73 Å². The number of rotatable bonds is 6. The van der Waals surface area contributed by atoms with Gasteiger partial charge in [-0.3, -0.25) is 0 Å². The molecule has 0 saturated heterocycles. The number of hydrogen-bond acceptors (Lipinski definition) is 3. The third-order valence-electron chi connectivity index (χ3n) is 2.43. The smallest absolute Gasteiger partial charge is 0.217 e. The van der Waals surface area contributed by atoms with Crippen molar-refractivity contribution in [1.29, 1.82) is 0 Å². The van der Waals surface area contributed by atoms with E-state index in [0.29, 0.717) is 18.0 Å². The molecule has 1 aliphatic carbocycles. The predicted octanol–water partition coefficient (Wildman–Crippen LogP) is 0.865. The Balaban J connectivity index is 2.69. The van der Waals surface area contributed by atoms with E-state index in [2.05, 4.69) is 0 Å². The molecule has 0 radical (unpaired) electrons. The number of thiocarbonyl (C=S) groups is 1. The zero-order valence-electron chi connectivity index (χ0n) is 9.14. The minimum absolute atomic E-state index is 0.0232. The molecular formula is C9H18N2O2S2. The maximum atomic E-state index is 12.0. The van der Waals surface area contributed by atoms with Gasteiger partial charge in [-0.15, -0.1) is 0 Å². The number of hydrogen-bond donors (Lipinski definition) is 1. The van der Waals surface area contributed by atoms with Crippen LogP contribution in [0.1, 0.15) is 33.1 Å². The highest BCUT2D eigenvalue weighted by atomic mass is 32.2. The van der Waals surface area contributed by atoms with Crippen LogP contribution in [0.2, 0.25) is 0 Å². The van der Waals surface area contributed by atoms with Crippen LogP contribution >= 0.6 is 12.2 Å². The van der Waals surface area contributed by atoms with Crippen LogP contribution in [0.4, 0.5) is 0 Å². The molecule has 0 atom stereocenters. The van der Waals surface area contributed by atoms with Crippen molar-refractivity contribution in [3.8, 4) is 0 Å². The van der Waals surface area contributed by atoms with Crippen LogP contribution in [0, 0.1) is 0 Å². The quantitative estimate of drug-likeness (QED) is 0.710. The molecule has 0 aliphatic heterocycles. The van der Waals surface area contributed by atoms with Crippen LogP contribution in [0.5, 0.6) is 0 Å². The maximum Gasteiger partial charge on any atom is 0.217 e. The minimum Gasteiger partial charge on any atom is -0.393 e. The van der Waals surface area contributed by atoms with E-state index in [0.717, 1.165) is 12.8 Å². The van der Waals surface area contributed by atoms with E-state index in [4.69, 9.17) is 18.0 Å². The van der Waals surface area contributed by atoms with E-state index in [-0.39, 0.29) is 11.3 Å². The molecule has 1 aliphatic rings. The Bertz CT molecular complexity index is 334. The summed E-state index contributed by atoms with van der Waals surface area (Å²) in [5.74, 6) is 0. The molecule has 1 rings (SSSR count). The van der Waals surface area contributed by atoms with E-state index in [1.165, 1.54) is 4.31 Å². The monoisotopic (exact) mass is 250 g/mol. The van der Waals surface area contributed by atoms with Crippen LogP contribution in [-0.2, 0) is 10.0 Å². The maximum absolute atomic E-state index is 12.0. The first-order valence-corrected chi connectivity index (χ1v) is 7.06. The number of sulfonamides is 1. The van der Waals surface area contributed by atoms with Crippen LogP contribution in [0.25, 0.3) is 0 Å². The lowest BCUT2D eigenvalue weighted by Gasteiger charge is -2.25. The number of nitrogens with zero attached hydrogens (tertiary/aromatic N) is 1. The van der Waals surface area contributed by atoms with E-state index < -0.39 is 10.0 Å². The molecule has 0 aromatic carbocycles. The van der Waals surface area contributed by atoms with E-state index in [9.17, 15) is 8.42 Å². The molecular weight excluding hydrogens is 232 g/mol. The van der Waals surface area contributed by atoms with Gasteiger partial charge in [0.1, 0.15) is 0 Å². The summed E-state index contributed by atoms with van der Waals surface area (Å²) in [7, 11) is -3.10. The lowest BCUT2D eigenvalue weighted by atomic mass is 10.3. The SMILES string of the molecule is CC(C)N(CCC(N)=S)S(=O)(=O)C1CC1. The summed E-state index contributed by atoms with van der Waals surface area (Å²) >= 11 is 4.76. The molecule has 4 nitrogen and oxygen atoms in total. The average Bonchev–Trinajstić information content (AvgIpc) is 2.83. The standard InChI is InChI=1S/C9H18N2O2S2/c1-7(2)11(6-5-9(10)14)15(12,13)8-3-4-8/h7-8H,3-6H2,1-2H3,(H2,10,14). The first kappa shape index (κ1) is 12.9. The van der Waals surface area contributed by atoms with E-state index in [1.54, 1.807) is 0 Å². The lowest BCUT2D eigenvalue weighted by Crippen LogP contribution is -2.40. The average molecular weight is 250 g/mol. The second kappa shape index (κ2) is 4.76. The van der Waals surface area contributed by atoms with Gasteiger partial charge in [0.05, 0.1) is 10.2 Å². The van der Waals surface area contributed by atoms with Crippen molar-refractivity contribution in [2.75, 3.05) is 6.54 Å². The second-order valence-corrected chi connectivity index (χ2v) is 6.86. The Morgan fingerprint density at radius 1 is 1.53 bits per heavy atom. The van der Waals surface area contributed by atoms with Crippen molar-refractivity contribution in [3.63, 3.8) is 0 Å². The van der Waals surface area contributed by atoms with Gasteiger partial charge in [-0.2, -0.15) is 4.31 Å². The normalized spacial score (nSPS) is 17.3. The van der Waals surface area contributed by atoms with Gasteiger partial charge in [0.25, 0.3) is 0 Å². The van der Waals surface area contributed by atoms with E-state index in [1.807, 2.05) is 13.8 Å². The van der Waals surface area contributed by atoms with Gasteiger partial charge >= 0.3 is 0 Å². The van der Waals surface area contributed by atoms with Crippen molar-refractivity contribution < 1.29 is 8.42 Å². The Morgan fingerprint density at radius 2 is 2.07 bits per heavy atom. The van der Waals surface area contributed by atoms with Crippen LogP contribution in [-0.4, -0.2) is 35.5 Å². The van der Waals surface area contributed by atoms with Crippen molar-refractivity contribution in [2.24, 2.45) is 5.73 Å². The fraction of sp³-hybridized carbons (Fsp3) is 0.889. The molecule has 1 fully saturated rings. The molecule has 0 spiro atoms. The van der Waals surface area contributed by atoms with Gasteiger partial charge in [-0.05, 0) is 26.7 Å².